The van der Waals surface area contributed by atoms with Crippen LogP contribution in [0.4, 0.5) is 5.95 Å². The Morgan fingerprint density at radius 1 is 1.42 bits per heavy atom. The van der Waals surface area contributed by atoms with E-state index >= 15 is 0 Å². The summed E-state index contributed by atoms with van der Waals surface area (Å²) in [5.41, 5.74) is 0.0896. The lowest BCUT2D eigenvalue weighted by atomic mass is 10.2. The molecule has 4 atom stereocenters. The second-order valence-corrected chi connectivity index (χ2v) is 6.14. The van der Waals surface area contributed by atoms with E-state index < -0.39 is 30.2 Å². The largest absolute Gasteiger partial charge is 0.394 e. The quantitative estimate of drug-likeness (QED) is 0.541. The van der Waals surface area contributed by atoms with Crippen LogP contribution in [0.15, 0.2) is 11.1 Å². The number of hydrogen-bond acceptors (Lipinski definition) is 8. The van der Waals surface area contributed by atoms with Gasteiger partial charge in [-0.2, -0.15) is 4.98 Å². The highest BCUT2D eigenvalue weighted by Crippen LogP contribution is 2.30. The van der Waals surface area contributed by atoms with Gasteiger partial charge in [0.1, 0.15) is 18.6 Å². The molecule has 4 rings (SSSR count). The Bertz CT molecular complexity index is 804. The third-order valence-electron chi connectivity index (χ3n) is 4.61. The highest BCUT2D eigenvalue weighted by atomic mass is 16.5. The van der Waals surface area contributed by atoms with Crippen molar-refractivity contribution < 1.29 is 20.1 Å². The minimum Gasteiger partial charge on any atom is -0.394 e. The molecule has 0 aliphatic carbocycles. The van der Waals surface area contributed by atoms with E-state index in [4.69, 9.17) is 4.74 Å². The van der Waals surface area contributed by atoms with Crippen molar-refractivity contribution in [3.63, 3.8) is 0 Å². The van der Waals surface area contributed by atoms with E-state index in [2.05, 4.69) is 15.0 Å². The second kappa shape index (κ2) is 5.81. The van der Waals surface area contributed by atoms with Gasteiger partial charge in [0.15, 0.2) is 11.2 Å². The Morgan fingerprint density at radius 2 is 2.25 bits per heavy atom. The Balaban J connectivity index is 1.75. The molecule has 2 aromatic heterocycles. The molecule has 4 N–H and O–H groups in total. The van der Waals surface area contributed by atoms with Gasteiger partial charge in [-0.3, -0.25) is 14.3 Å². The highest BCUT2D eigenvalue weighted by Gasteiger charge is 2.35. The first-order chi connectivity index (χ1) is 11.6. The van der Waals surface area contributed by atoms with Crippen molar-refractivity contribution in [3.05, 3.63) is 16.7 Å². The molecule has 0 bridgehead atoms. The van der Waals surface area contributed by atoms with Crippen molar-refractivity contribution in [1.29, 1.82) is 0 Å². The number of rotatable bonds is 3. The number of imidazole rings is 1. The highest BCUT2D eigenvalue weighted by molar-refractivity contribution is 5.71. The third kappa shape index (κ3) is 2.38. The molecule has 2 aliphatic rings. The first-order valence-electron chi connectivity index (χ1n) is 7.94. The zero-order valence-corrected chi connectivity index (χ0v) is 12.9. The predicted molar refractivity (Wildman–Crippen MR) is 82.4 cm³/mol. The number of nitrogens with zero attached hydrogens (tertiary/aromatic N) is 4. The first kappa shape index (κ1) is 15.5. The lowest BCUT2D eigenvalue weighted by Gasteiger charge is -2.20. The van der Waals surface area contributed by atoms with Crippen LogP contribution in [0.5, 0.6) is 0 Å². The molecule has 130 valence electrons. The minimum absolute atomic E-state index is 0.165. The normalized spacial score (nSPS) is 30.5. The number of aromatic amines is 1. The molecular weight excluding hydrogens is 318 g/mol. The van der Waals surface area contributed by atoms with Crippen LogP contribution in [-0.4, -0.2) is 66.4 Å². The maximum Gasteiger partial charge on any atom is 0.280 e. The molecule has 0 spiro atoms. The summed E-state index contributed by atoms with van der Waals surface area (Å²) in [4.78, 5) is 25.1. The summed E-state index contributed by atoms with van der Waals surface area (Å²) >= 11 is 0. The SMILES string of the molecule is O=c1[nH]c(N2CCCC2O)nc2c1ncn2[C@H]1C[C@H](O)[C@@H](CO)O1. The van der Waals surface area contributed by atoms with E-state index in [0.717, 1.165) is 6.42 Å². The van der Waals surface area contributed by atoms with Crippen LogP contribution in [0.3, 0.4) is 0 Å². The summed E-state index contributed by atoms with van der Waals surface area (Å²) in [7, 11) is 0. The van der Waals surface area contributed by atoms with Gasteiger partial charge in [0.2, 0.25) is 5.95 Å². The number of nitrogens with one attached hydrogen (secondary N) is 1. The molecule has 2 fully saturated rings. The number of H-pyrrole nitrogens is 1. The number of aliphatic hydroxyl groups excluding tert-OH is 3. The molecule has 10 heteroatoms. The summed E-state index contributed by atoms with van der Waals surface area (Å²) in [5, 5.41) is 29.1. The van der Waals surface area contributed by atoms with Crippen molar-refractivity contribution in [2.45, 2.75) is 43.9 Å². The topological polar surface area (TPSA) is 137 Å². The zero-order chi connectivity index (χ0) is 16.8. The lowest BCUT2D eigenvalue weighted by molar-refractivity contribution is -0.0432. The van der Waals surface area contributed by atoms with Crippen LogP contribution in [0, 0.1) is 0 Å². The molecule has 24 heavy (non-hydrogen) atoms. The van der Waals surface area contributed by atoms with E-state index in [0.29, 0.717) is 18.6 Å². The lowest BCUT2D eigenvalue weighted by Crippen LogP contribution is -2.32. The first-order valence-corrected chi connectivity index (χ1v) is 7.94. The van der Waals surface area contributed by atoms with Crippen molar-refractivity contribution in [1.82, 2.24) is 19.5 Å². The number of aromatic nitrogens is 4. The van der Waals surface area contributed by atoms with Gasteiger partial charge in [0.25, 0.3) is 5.56 Å². The standard InChI is InChI=1S/C14H19N5O5/c20-5-8-7(21)4-10(24-8)19-6-15-11-12(19)16-14(17-13(11)23)18-3-1-2-9(18)22/h6-10,20-22H,1-5H2,(H,16,17,23)/t7-,8+,9?,10+/m0/s1. The number of fused-ring (bicyclic) bond motifs is 1. The Morgan fingerprint density at radius 3 is 2.92 bits per heavy atom. The molecule has 2 aromatic rings. The molecule has 2 saturated heterocycles. The van der Waals surface area contributed by atoms with Gasteiger partial charge < -0.3 is 25.0 Å². The van der Waals surface area contributed by atoms with Gasteiger partial charge in [0, 0.05) is 13.0 Å². The third-order valence-corrected chi connectivity index (χ3v) is 4.61. The number of ether oxygens (including phenoxy) is 1. The van der Waals surface area contributed by atoms with E-state index in [1.54, 1.807) is 9.47 Å². The van der Waals surface area contributed by atoms with Gasteiger partial charge >= 0.3 is 0 Å². The van der Waals surface area contributed by atoms with Gasteiger partial charge in [-0.05, 0) is 12.8 Å². The molecule has 10 nitrogen and oxygen atoms in total. The van der Waals surface area contributed by atoms with E-state index in [9.17, 15) is 20.1 Å². The predicted octanol–water partition coefficient (Wildman–Crippen LogP) is -1.32. The van der Waals surface area contributed by atoms with E-state index in [1.165, 1.54) is 6.33 Å². The van der Waals surface area contributed by atoms with Gasteiger partial charge in [0.05, 0.1) is 19.0 Å². The Kier molecular flexibility index (Phi) is 3.76. The fourth-order valence-electron chi connectivity index (χ4n) is 3.31. The summed E-state index contributed by atoms with van der Waals surface area (Å²) in [5.74, 6) is 0.288. The van der Waals surface area contributed by atoms with E-state index in [-0.39, 0.29) is 24.5 Å². The number of aliphatic hydroxyl groups is 3. The monoisotopic (exact) mass is 337 g/mol. The zero-order valence-electron chi connectivity index (χ0n) is 12.9. The summed E-state index contributed by atoms with van der Waals surface area (Å²) in [6.07, 6.45) is 0.447. The van der Waals surface area contributed by atoms with Crippen molar-refractivity contribution in [2.24, 2.45) is 0 Å². The Labute approximate surface area is 136 Å². The van der Waals surface area contributed by atoms with Crippen LogP contribution >= 0.6 is 0 Å². The molecule has 0 amide bonds. The van der Waals surface area contributed by atoms with Crippen LogP contribution in [0.1, 0.15) is 25.5 Å². The maximum absolute atomic E-state index is 12.3. The fourth-order valence-corrected chi connectivity index (χ4v) is 3.31. The fraction of sp³-hybridized carbons (Fsp3) is 0.643. The molecule has 0 radical (unpaired) electrons. The summed E-state index contributed by atoms with van der Waals surface area (Å²) in [6.45, 7) is 0.318. The van der Waals surface area contributed by atoms with E-state index in [1.807, 2.05) is 0 Å². The van der Waals surface area contributed by atoms with Gasteiger partial charge in [-0.25, -0.2) is 4.98 Å². The van der Waals surface area contributed by atoms with Gasteiger partial charge in [-0.15, -0.1) is 0 Å². The van der Waals surface area contributed by atoms with Gasteiger partial charge in [-0.1, -0.05) is 0 Å². The number of anilines is 1. The van der Waals surface area contributed by atoms with Crippen LogP contribution in [0.25, 0.3) is 11.2 Å². The van der Waals surface area contributed by atoms with Crippen LogP contribution < -0.4 is 10.5 Å². The van der Waals surface area contributed by atoms with Crippen LogP contribution in [-0.2, 0) is 4.74 Å². The molecule has 2 aliphatic heterocycles. The summed E-state index contributed by atoms with van der Waals surface area (Å²) < 4.78 is 7.19. The molecular formula is C14H19N5O5. The van der Waals surface area contributed by atoms with Crippen molar-refractivity contribution >= 4 is 17.1 Å². The van der Waals surface area contributed by atoms with Crippen molar-refractivity contribution in [3.8, 4) is 0 Å². The molecule has 1 unspecified atom stereocenters. The summed E-state index contributed by atoms with van der Waals surface area (Å²) in [6, 6.07) is 0. The van der Waals surface area contributed by atoms with Crippen molar-refractivity contribution in [2.75, 3.05) is 18.1 Å². The number of hydrogen-bond donors (Lipinski definition) is 4. The molecule has 0 aromatic carbocycles. The minimum atomic E-state index is -0.792. The smallest absolute Gasteiger partial charge is 0.280 e. The maximum atomic E-state index is 12.3. The molecule has 0 saturated carbocycles. The Hall–Kier alpha value is -2.01. The van der Waals surface area contributed by atoms with Crippen LogP contribution in [0.2, 0.25) is 0 Å². The average Bonchev–Trinajstić information content (AvgIpc) is 3.25. The average molecular weight is 337 g/mol. The molecule has 4 heterocycles. The second-order valence-electron chi connectivity index (χ2n) is 6.14.